The molecule has 0 saturated heterocycles. The zero-order valence-corrected chi connectivity index (χ0v) is 57.4. The molecule has 6 heterocycles. The van der Waals surface area contributed by atoms with Crippen molar-refractivity contribution in [2.75, 3.05) is 0 Å². The van der Waals surface area contributed by atoms with Gasteiger partial charge in [-0.1, -0.05) is 255 Å². The Morgan fingerprint density at radius 3 is 1.18 bits per heavy atom. The SMILES string of the molecule is c1ccc(-c2ccc3c(c2)-c2sc4ccccc4c2C32c3ccccc3-c3ccccc32)nc1.c1ccc2c(c1)-c1ccc(-c3ccncc3)cc1C21c2ccccc2-c2sc3ccccc3c21.c1cncc(-c2cccc3c2C2(c4ccccc4-c4ccccc42)c2c-3sc3ccccc23)c1. The number of fused-ring (bicyclic) bond motifs is 36. The molecule has 12 aromatic carbocycles. The Morgan fingerprint density at radius 2 is 0.637 bits per heavy atom. The van der Waals surface area contributed by atoms with Gasteiger partial charge in [0.1, 0.15) is 0 Å². The Balaban J connectivity index is 0.0000000967. The van der Waals surface area contributed by atoms with Crippen molar-refractivity contribution in [3.8, 4) is 98.2 Å². The summed E-state index contributed by atoms with van der Waals surface area (Å²) in [5.74, 6) is 0. The van der Waals surface area contributed by atoms with Gasteiger partial charge in [-0.15, -0.1) is 34.0 Å². The van der Waals surface area contributed by atoms with Crippen molar-refractivity contribution in [3.63, 3.8) is 0 Å². The van der Waals surface area contributed by atoms with E-state index >= 15 is 0 Å². The zero-order valence-electron chi connectivity index (χ0n) is 55.0. The van der Waals surface area contributed by atoms with Crippen LogP contribution in [0.1, 0.15) is 66.8 Å². The van der Waals surface area contributed by atoms with E-state index in [1.54, 1.807) is 0 Å². The summed E-state index contributed by atoms with van der Waals surface area (Å²) in [5.41, 5.74) is 35.1. The summed E-state index contributed by atoms with van der Waals surface area (Å²) in [6.45, 7) is 0. The van der Waals surface area contributed by atoms with Crippen LogP contribution in [0.2, 0.25) is 0 Å². The van der Waals surface area contributed by atoms with Crippen molar-refractivity contribution in [3.05, 3.63) is 413 Å². The van der Waals surface area contributed by atoms with Crippen LogP contribution in [-0.2, 0) is 16.2 Å². The van der Waals surface area contributed by atoms with Crippen LogP contribution < -0.4 is 0 Å². The highest BCUT2D eigenvalue weighted by molar-refractivity contribution is 7.23. The molecule has 3 nitrogen and oxygen atoms in total. The maximum absolute atomic E-state index is 4.64. The molecule has 6 aliphatic carbocycles. The van der Waals surface area contributed by atoms with Gasteiger partial charge in [-0.05, 0) is 210 Å². The maximum Gasteiger partial charge on any atom is 0.0746 e. The highest BCUT2D eigenvalue weighted by atomic mass is 32.1. The fourth-order valence-electron chi connectivity index (χ4n) is 19.0. The largest absolute Gasteiger partial charge is 0.265 e. The average molecular weight is 1350 g/mol. The van der Waals surface area contributed by atoms with Crippen molar-refractivity contribution in [1.29, 1.82) is 0 Å². The first kappa shape index (κ1) is 57.8. The summed E-state index contributed by atoms with van der Waals surface area (Å²) in [6, 6.07) is 116. The standard InChI is InChI=1S/3C32H19NS/c1-4-15-26-22(10-1)23-11-2-5-16-27(23)32(26)29-21(20-9-8-18-33-19-20)13-7-14-25(29)31-30(32)24-12-3-6-17-28(24)34-31;1-4-12-25-21(9-1)22-10-2-5-13-26(22)32(25)27-17-16-20(28-14-7-8-18-33-28)19-24(27)31-30(32)23-11-3-6-15-29(23)34-31;1-4-10-26-22(7-1)23-14-13-21(20-15-17-33-18-16-20)19-28(23)32(26)27-11-5-2-8-24(27)31-30(32)25-9-3-6-12-29(25)34-31/h3*1-19H. The van der Waals surface area contributed by atoms with Crippen molar-refractivity contribution in [2.45, 2.75) is 16.2 Å². The normalized spacial score (nSPS) is 15.1. The van der Waals surface area contributed by atoms with Crippen LogP contribution in [0.25, 0.3) is 128 Å². The zero-order chi connectivity index (χ0) is 66.8. The minimum absolute atomic E-state index is 0.292. The van der Waals surface area contributed by atoms with Gasteiger partial charge in [0.05, 0.1) is 21.9 Å². The second-order valence-electron chi connectivity index (χ2n) is 27.4. The average Bonchev–Trinajstić information content (AvgIpc) is 1.50. The third kappa shape index (κ3) is 7.65. The van der Waals surface area contributed by atoms with Gasteiger partial charge < -0.3 is 0 Å². The molecule has 474 valence electrons. The predicted octanol–water partition coefficient (Wildman–Crippen LogP) is 24.9. The molecular weight excluding hydrogens is 1290 g/mol. The van der Waals surface area contributed by atoms with Gasteiger partial charge in [-0.25, -0.2) is 0 Å². The first-order valence-corrected chi connectivity index (χ1v) is 37.4. The van der Waals surface area contributed by atoms with E-state index in [4.69, 9.17) is 0 Å². The quantitative estimate of drug-likeness (QED) is 0.177. The highest BCUT2D eigenvalue weighted by Gasteiger charge is 2.57. The summed E-state index contributed by atoms with van der Waals surface area (Å²) in [5, 5.41) is 4.10. The number of benzene rings is 12. The molecule has 0 bridgehead atoms. The monoisotopic (exact) mass is 1350 g/mol. The number of pyridine rings is 3. The first-order chi connectivity index (χ1) is 50.6. The fourth-order valence-corrected chi connectivity index (χ4v) is 22.9. The van der Waals surface area contributed by atoms with E-state index in [2.05, 4.69) is 318 Å². The second kappa shape index (κ2) is 22.0. The Hall–Kier alpha value is -12.0. The number of aromatic nitrogens is 3. The third-order valence-electron chi connectivity index (χ3n) is 22.7. The smallest absolute Gasteiger partial charge is 0.0746 e. The van der Waals surface area contributed by atoms with Gasteiger partial charge in [0, 0.05) is 70.8 Å². The molecule has 0 aliphatic heterocycles. The molecule has 102 heavy (non-hydrogen) atoms. The maximum atomic E-state index is 4.64. The van der Waals surface area contributed by atoms with E-state index in [1.807, 2.05) is 77.1 Å². The van der Waals surface area contributed by atoms with Crippen LogP contribution >= 0.6 is 34.0 Å². The van der Waals surface area contributed by atoms with E-state index in [9.17, 15) is 0 Å². The molecule has 0 radical (unpaired) electrons. The van der Waals surface area contributed by atoms with Crippen LogP contribution in [0.3, 0.4) is 0 Å². The fraction of sp³-hybridized carbons (Fsp3) is 0.0312. The van der Waals surface area contributed by atoms with E-state index in [0.717, 1.165) is 5.69 Å². The van der Waals surface area contributed by atoms with E-state index in [1.165, 1.54) is 190 Å². The molecule has 6 heteroatoms. The van der Waals surface area contributed by atoms with Gasteiger partial charge in [0.2, 0.25) is 0 Å². The van der Waals surface area contributed by atoms with Crippen molar-refractivity contribution in [1.82, 2.24) is 15.0 Å². The minimum Gasteiger partial charge on any atom is -0.265 e. The summed E-state index contributed by atoms with van der Waals surface area (Å²) >= 11 is 5.78. The molecule has 1 unspecified atom stereocenters. The minimum atomic E-state index is -0.343. The van der Waals surface area contributed by atoms with E-state index in [-0.39, 0.29) is 16.2 Å². The van der Waals surface area contributed by atoms with Gasteiger partial charge in [0.15, 0.2) is 0 Å². The molecule has 24 rings (SSSR count). The lowest BCUT2D eigenvalue weighted by Crippen LogP contribution is -2.26. The predicted molar refractivity (Wildman–Crippen MR) is 424 cm³/mol. The van der Waals surface area contributed by atoms with Gasteiger partial charge >= 0.3 is 0 Å². The Bertz CT molecular complexity index is 6430. The lowest BCUT2D eigenvalue weighted by Gasteiger charge is -2.32. The number of thiophene rings is 3. The molecule has 0 amide bonds. The van der Waals surface area contributed by atoms with Crippen LogP contribution in [-0.4, -0.2) is 15.0 Å². The number of nitrogens with zero attached hydrogens (tertiary/aromatic N) is 3. The topological polar surface area (TPSA) is 38.7 Å². The second-order valence-corrected chi connectivity index (χ2v) is 30.5. The summed E-state index contributed by atoms with van der Waals surface area (Å²) < 4.78 is 4.06. The van der Waals surface area contributed by atoms with Crippen molar-refractivity contribution in [2.24, 2.45) is 0 Å². The number of hydrogen-bond donors (Lipinski definition) is 0. The number of rotatable bonds is 3. The highest BCUT2D eigenvalue weighted by Crippen LogP contribution is 2.70. The summed E-state index contributed by atoms with van der Waals surface area (Å²) in [4.78, 5) is 17.5. The molecule has 0 N–H and O–H groups in total. The molecule has 0 saturated carbocycles. The lowest BCUT2D eigenvalue weighted by molar-refractivity contribution is 0.803. The van der Waals surface area contributed by atoms with Crippen LogP contribution in [0, 0.1) is 0 Å². The Kier molecular flexibility index (Phi) is 12.5. The van der Waals surface area contributed by atoms with Gasteiger partial charge in [-0.2, -0.15) is 0 Å². The third-order valence-corrected chi connectivity index (χ3v) is 26.3. The van der Waals surface area contributed by atoms with Gasteiger partial charge in [0.25, 0.3) is 0 Å². The lowest BCUT2D eigenvalue weighted by atomic mass is 9.68. The van der Waals surface area contributed by atoms with Crippen LogP contribution in [0.15, 0.2) is 346 Å². The van der Waals surface area contributed by atoms with E-state index < -0.39 is 0 Å². The Morgan fingerprint density at radius 1 is 0.216 bits per heavy atom. The number of hydrogen-bond acceptors (Lipinski definition) is 6. The molecule has 6 aliphatic rings. The first-order valence-electron chi connectivity index (χ1n) is 34.9. The van der Waals surface area contributed by atoms with Crippen LogP contribution in [0.5, 0.6) is 0 Å². The van der Waals surface area contributed by atoms with Crippen LogP contribution in [0.4, 0.5) is 0 Å². The van der Waals surface area contributed by atoms with Crippen molar-refractivity contribution < 1.29 is 0 Å². The molecule has 3 spiro atoms. The van der Waals surface area contributed by atoms with Crippen molar-refractivity contribution >= 4 is 64.3 Å². The molecule has 0 fully saturated rings. The van der Waals surface area contributed by atoms with Gasteiger partial charge in [-0.3, -0.25) is 15.0 Å². The van der Waals surface area contributed by atoms with E-state index in [0.29, 0.717) is 0 Å². The summed E-state index contributed by atoms with van der Waals surface area (Å²) in [7, 11) is 0. The summed E-state index contributed by atoms with van der Waals surface area (Å²) in [6.07, 6.45) is 9.48. The molecule has 6 aromatic heterocycles. The molecular formula is C96H57N3S3. The molecule has 18 aromatic rings. The molecule has 1 atom stereocenters. The Labute approximate surface area is 602 Å².